The van der Waals surface area contributed by atoms with Gasteiger partial charge in [-0.05, 0) is 0 Å². The van der Waals surface area contributed by atoms with E-state index in [1.807, 2.05) is 27.7 Å². The summed E-state index contributed by atoms with van der Waals surface area (Å²) in [6.45, 7) is 16.8. The van der Waals surface area contributed by atoms with Crippen molar-refractivity contribution in [2.24, 2.45) is 10.8 Å². The van der Waals surface area contributed by atoms with E-state index in [1.54, 1.807) is 0 Å². The van der Waals surface area contributed by atoms with E-state index >= 15 is 0 Å². The molecule has 0 amide bonds. The minimum absolute atomic E-state index is 0.0521. The van der Waals surface area contributed by atoms with Gasteiger partial charge in [0.25, 0.3) is 0 Å². The minimum atomic E-state index is -1.93. The van der Waals surface area contributed by atoms with Crippen molar-refractivity contribution in [3.63, 3.8) is 0 Å². The topological polar surface area (TPSA) is 52.1 Å². The van der Waals surface area contributed by atoms with Crippen molar-refractivity contribution in [2.45, 2.75) is 79.3 Å². The average Bonchev–Trinajstić information content (AvgIpc) is 2.48. The van der Waals surface area contributed by atoms with E-state index in [9.17, 15) is 10.4 Å². The molecule has 0 N–H and O–H groups in total. The fourth-order valence-corrected chi connectivity index (χ4v) is 14.9. The molecule has 0 radical (unpaired) electrons. The molecule has 116 valence electrons. The van der Waals surface area contributed by atoms with Gasteiger partial charge in [-0.15, -0.1) is 0 Å². The molecule has 0 fully saturated rings. The maximum atomic E-state index is 12.7. The monoisotopic (exact) mass is 482 g/mol. The molecule has 0 saturated carbocycles. The third-order valence-electron chi connectivity index (χ3n) is 5.24. The molecule has 0 bridgehead atoms. The molecule has 4 nitrogen and oxygen atoms in total. The number of hydroxylamine groups is 2. The molecule has 0 aromatic heterocycles. The number of hydrogen-bond acceptors (Lipinski definition) is 2. The van der Waals surface area contributed by atoms with Crippen LogP contribution >= 0.6 is 0 Å². The van der Waals surface area contributed by atoms with E-state index < -0.39 is 24.6 Å². The Bertz CT molecular complexity index is 494. The van der Waals surface area contributed by atoms with Gasteiger partial charge in [-0.2, -0.15) is 0 Å². The summed E-state index contributed by atoms with van der Waals surface area (Å²) in [7, 11) is 0. The van der Waals surface area contributed by atoms with Crippen LogP contribution in [-0.2, 0) is 24.6 Å². The van der Waals surface area contributed by atoms with Gasteiger partial charge in [0.2, 0.25) is 0 Å². The first-order chi connectivity index (χ1) is 9.21. The van der Waals surface area contributed by atoms with Crippen LogP contribution in [0.25, 0.3) is 0 Å². The van der Waals surface area contributed by atoms with Gasteiger partial charge in [0.15, 0.2) is 0 Å². The Labute approximate surface area is 140 Å². The summed E-state index contributed by atoms with van der Waals surface area (Å²) in [4.78, 5) is 0. The van der Waals surface area contributed by atoms with E-state index in [0.717, 1.165) is 19.3 Å². The van der Waals surface area contributed by atoms with Crippen molar-refractivity contribution in [3.8, 4) is 0 Å². The summed E-state index contributed by atoms with van der Waals surface area (Å²) < 4.78 is 4.68. The van der Waals surface area contributed by atoms with Crippen LogP contribution in [-0.4, -0.2) is 27.0 Å². The summed E-state index contributed by atoms with van der Waals surface area (Å²) >= 11 is -1.93. The summed E-state index contributed by atoms with van der Waals surface area (Å²) in [6, 6.07) is 0. The second kappa shape index (κ2) is 4.69. The molecule has 2 aliphatic rings. The number of rotatable bonds is 2. The van der Waals surface area contributed by atoms with Crippen LogP contribution in [0.4, 0.5) is 0 Å². The zero-order chi connectivity index (χ0) is 16.4. The Kier molecular flexibility index (Phi) is 3.84. The van der Waals surface area contributed by atoms with Crippen molar-refractivity contribution in [1.29, 1.82) is 0 Å². The summed E-state index contributed by atoms with van der Waals surface area (Å²) in [5, 5.41) is 25.4. The van der Waals surface area contributed by atoms with E-state index in [1.165, 1.54) is 9.48 Å². The molecule has 0 unspecified atom stereocenters. The van der Waals surface area contributed by atoms with Crippen molar-refractivity contribution in [1.82, 2.24) is 0 Å². The summed E-state index contributed by atoms with van der Waals surface area (Å²) in [5.41, 5.74) is -0.760. The zero-order valence-electron chi connectivity index (χ0n) is 14.8. The van der Waals surface area contributed by atoms with Gasteiger partial charge in [-0.3, -0.25) is 0 Å². The predicted molar refractivity (Wildman–Crippen MR) is 82.2 cm³/mol. The summed E-state index contributed by atoms with van der Waals surface area (Å²) in [6.07, 6.45) is 1.77. The molecule has 5 heteroatoms. The average molecular weight is 481 g/mol. The third kappa shape index (κ3) is 2.77. The first-order valence-electron chi connectivity index (χ1n) is 7.88. The molecule has 0 aromatic rings. The zero-order valence-corrected chi connectivity index (χ0v) is 20.3. The van der Waals surface area contributed by atoms with Gasteiger partial charge < -0.3 is 0 Å². The first kappa shape index (κ1) is 17.2. The van der Waals surface area contributed by atoms with E-state index in [2.05, 4.69) is 27.7 Å². The second-order valence-corrected chi connectivity index (χ2v) is 16.0. The van der Waals surface area contributed by atoms with Crippen molar-refractivity contribution in [3.05, 3.63) is 10.4 Å². The molecule has 0 spiro atoms. The standard InChI is InChI=1S/2C8H14NO.Hg/c2*1-7(2)5-8(3,4)9(10)6-7;/h2*5H2,1-4H3;. The molecule has 0 aromatic carbocycles. The molecule has 2 heterocycles. The molecule has 21 heavy (non-hydrogen) atoms. The van der Waals surface area contributed by atoms with Crippen molar-refractivity contribution >= 4 is 6.44 Å². The third-order valence-corrected chi connectivity index (χ3v) is 17.5. The van der Waals surface area contributed by atoms with Crippen LogP contribution < -0.4 is 0 Å². The van der Waals surface area contributed by atoms with Crippen molar-refractivity contribution in [2.75, 3.05) is 0 Å². The SMILES string of the molecule is CC1(C)CC(C)(C)[N+]([O-])=[C]1[Hg][C]1=[N+]([O-])C(C)(C)CC1(C)C. The maximum absolute atomic E-state index is 12.7. The first-order valence-corrected chi connectivity index (χ1v) is 13.4. The fourth-order valence-electron chi connectivity index (χ4n) is 4.57. The van der Waals surface area contributed by atoms with Gasteiger partial charge in [-0.25, -0.2) is 0 Å². The Morgan fingerprint density at radius 3 is 1.19 bits per heavy atom. The van der Waals surface area contributed by atoms with Gasteiger partial charge in [0.1, 0.15) is 0 Å². The van der Waals surface area contributed by atoms with E-state index in [4.69, 9.17) is 0 Å². The van der Waals surface area contributed by atoms with Gasteiger partial charge >= 0.3 is 141 Å². The van der Waals surface area contributed by atoms with Crippen molar-refractivity contribution < 1.29 is 34.1 Å². The quantitative estimate of drug-likeness (QED) is 0.346. The molecule has 0 saturated heterocycles. The second-order valence-electron chi connectivity index (χ2n) is 9.41. The molecular weight excluding hydrogens is 453 g/mol. The molecule has 2 aliphatic heterocycles. The molecular formula is C16H28HgN2O2. The predicted octanol–water partition coefficient (Wildman–Crippen LogP) is 3.30. The number of nitrogens with zero attached hydrogens (tertiary/aromatic N) is 2. The van der Waals surface area contributed by atoms with Crippen LogP contribution in [0.3, 0.4) is 0 Å². The van der Waals surface area contributed by atoms with Gasteiger partial charge in [-0.1, -0.05) is 0 Å². The Morgan fingerprint density at radius 2 is 1.00 bits per heavy atom. The van der Waals surface area contributed by atoms with Crippen LogP contribution in [0.15, 0.2) is 0 Å². The number of hydrogen-bond donors (Lipinski definition) is 0. The summed E-state index contributed by atoms with van der Waals surface area (Å²) in [5.74, 6) is 0. The Balaban J connectivity index is 2.47. The van der Waals surface area contributed by atoms with Crippen LogP contribution in [0.5, 0.6) is 0 Å². The molecule has 0 aliphatic carbocycles. The molecule has 0 atom stereocenters. The van der Waals surface area contributed by atoms with Gasteiger partial charge in [0.05, 0.1) is 0 Å². The Morgan fingerprint density at radius 1 is 0.714 bits per heavy atom. The van der Waals surface area contributed by atoms with Crippen LogP contribution in [0, 0.1) is 21.2 Å². The Hall–Kier alpha value is -0.125. The van der Waals surface area contributed by atoms with E-state index in [0.29, 0.717) is 0 Å². The van der Waals surface area contributed by atoms with Gasteiger partial charge in [0, 0.05) is 0 Å². The van der Waals surface area contributed by atoms with Crippen LogP contribution in [0.2, 0.25) is 0 Å². The van der Waals surface area contributed by atoms with Crippen LogP contribution in [0.1, 0.15) is 68.2 Å². The normalized spacial score (nSPS) is 29.0. The molecule has 2 rings (SSSR count). The fraction of sp³-hybridized carbons (Fsp3) is 0.875. The van der Waals surface area contributed by atoms with E-state index in [-0.39, 0.29) is 21.9 Å².